The molecule has 2 aromatic carbocycles. The van der Waals surface area contributed by atoms with Gasteiger partial charge in [-0.3, -0.25) is 13.9 Å². The quantitative estimate of drug-likeness (QED) is 0.462. The summed E-state index contributed by atoms with van der Waals surface area (Å²) >= 11 is 0. The molecule has 0 unspecified atom stereocenters. The van der Waals surface area contributed by atoms with Crippen LogP contribution in [0.4, 0.5) is 5.69 Å². The van der Waals surface area contributed by atoms with E-state index in [2.05, 4.69) is 5.32 Å². The predicted octanol–water partition coefficient (Wildman–Crippen LogP) is 3.10. The van der Waals surface area contributed by atoms with Crippen LogP contribution in [-0.4, -0.2) is 57.6 Å². The summed E-state index contributed by atoms with van der Waals surface area (Å²) in [6.45, 7) is 5.74. The van der Waals surface area contributed by atoms with E-state index < -0.39 is 28.5 Å². The SMILES string of the molecule is CCCCNC(=O)[C@H](C)N(Cc1ccccc1)C(=O)CN(c1cc(C)ccc1OC)S(C)(=O)=O. The Kier molecular flexibility index (Phi) is 9.92. The van der Waals surface area contributed by atoms with E-state index in [1.165, 1.54) is 12.0 Å². The number of carbonyl (C=O) groups is 2. The van der Waals surface area contributed by atoms with E-state index in [0.717, 1.165) is 34.5 Å². The summed E-state index contributed by atoms with van der Waals surface area (Å²) in [5.41, 5.74) is 1.93. The predicted molar refractivity (Wildman–Crippen MR) is 134 cm³/mol. The zero-order valence-electron chi connectivity index (χ0n) is 20.6. The van der Waals surface area contributed by atoms with Gasteiger partial charge in [-0.1, -0.05) is 49.7 Å². The van der Waals surface area contributed by atoms with Crippen LogP contribution in [0.15, 0.2) is 48.5 Å². The number of aryl methyl sites for hydroxylation is 1. The molecule has 0 spiro atoms. The highest BCUT2D eigenvalue weighted by molar-refractivity contribution is 7.92. The topological polar surface area (TPSA) is 96.0 Å². The van der Waals surface area contributed by atoms with Crippen LogP contribution in [0, 0.1) is 6.92 Å². The van der Waals surface area contributed by atoms with E-state index >= 15 is 0 Å². The fourth-order valence-electron chi connectivity index (χ4n) is 3.49. The molecule has 0 saturated heterocycles. The van der Waals surface area contributed by atoms with Crippen LogP contribution in [0.25, 0.3) is 0 Å². The first-order chi connectivity index (χ1) is 16.1. The number of rotatable bonds is 12. The molecule has 0 heterocycles. The van der Waals surface area contributed by atoms with Crippen molar-refractivity contribution in [2.24, 2.45) is 0 Å². The van der Waals surface area contributed by atoms with Gasteiger partial charge in [0.2, 0.25) is 21.8 Å². The van der Waals surface area contributed by atoms with Crippen molar-refractivity contribution in [1.29, 1.82) is 0 Å². The number of anilines is 1. The Morgan fingerprint density at radius 2 is 1.79 bits per heavy atom. The summed E-state index contributed by atoms with van der Waals surface area (Å²) < 4.78 is 31.8. The van der Waals surface area contributed by atoms with Crippen molar-refractivity contribution in [2.45, 2.75) is 46.2 Å². The van der Waals surface area contributed by atoms with E-state index in [4.69, 9.17) is 4.74 Å². The van der Waals surface area contributed by atoms with Crippen LogP contribution >= 0.6 is 0 Å². The molecule has 2 aromatic rings. The molecule has 0 fully saturated rings. The number of unbranched alkanes of at least 4 members (excludes halogenated alkanes) is 1. The molecule has 1 N–H and O–H groups in total. The van der Waals surface area contributed by atoms with Crippen molar-refractivity contribution >= 4 is 27.5 Å². The van der Waals surface area contributed by atoms with Crippen molar-refractivity contribution in [3.63, 3.8) is 0 Å². The lowest BCUT2D eigenvalue weighted by atomic mass is 10.1. The normalized spacial score (nSPS) is 12.0. The minimum Gasteiger partial charge on any atom is -0.495 e. The smallest absolute Gasteiger partial charge is 0.244 e. The minimum atomic E-state index is -3.83. The van der Waals surface area contributed by atoms with E-state index in [-0.39, 0.29) is 18.1 Å². The first-order valence-corrected chi connectivity index (χ1v) is 13.2. The average molecular weight is 490 g/mol. The largest absolute Gasteiger partial charge is 0.495 e. The zero-order valence-corrected chi connectivity index (χ0v) is 21.4. The van der Waals surface area contributed by atoms with Gasteiger partial charge in [0, 0.05) is 13.1 Å². The summed E-state index contributed by atoms with van der Waals surface area (Å²) in [5, 5.41) is 2.86. The van der Waals surface area contributed by atoms with E-state index in [1.54, 1.807) is 25.1 Å². The summed E-state index contributed by atoms with van der Waals surface area (Å²) in [6, 6.07) is 13.6. The highest BCUT2D eigenvalue weighted by Crippen LogP contribution is 2.31. The van der Waals surface area contributed by atoms with Crippen molar-refractivity contribution < 1.29 is 22.7 Å². The van der Waals surface area contributed by atoms with Gasteiger partial charge < -0.3 is 15.0 Å². The molecular formula is C25H35N3O5S. The Bertz CT molecular complexity index is 1070. The number of benzene rings is 2. The molecule has 0 aliphatic rings. The van der Waals surface area contributed by atoms with Crippen LogP contribution in [0.2, 0.25) is 0 Å². The summed E-state index contributed by atoms with van der Waals surface area (Å²) in [5.74, 6) is -0.434. The zero-order chi connectivity index (χ0) is 25.3. The van der Waals surface area contributed by atoms with Crippen LogP contribution in [0.5, 0.6) is 5.75 Å². The highest BCUT2D eigenvalue weighted by atomic mass is 32.2. The molecule has 2 amide bonds. The van der Waals surface area contributed by atoms with Gasteiger partial charge >= 0.3 is 0 Å². The van der Waals surface area contributed by atoms with Crippen molar-refractivity contribution in [3.05, 3.63) is 59.7 Å². The summed E-state index contributed by atoms with van der Waals surface area (Å²) in [7, 11) is -2.38. The monoisotopic (exact) mass is 489 g/mol. The molecule has 0 saturated carbocycles. The third-order valence-electron chi connectivity index (χ3n) is 5.47. The molecule has 2 rings (SSSR count). The number of nitrogens with one attached hydrogen (secondary N) is 1. The Hall–Kier alpha value is -3.07. The Morgan fingerprint density at radius 1 is 1.12 bits per heavy atom. The second-order valence-corrected chi connectivity index (χ2v) is 10.2. The Labute approximate surface area is 202 Å². The van der Waals surface area contributed by atoms with Gasteiger partial charge in [-0.25, -0.2) is 8.42 Å². The van der Waals surface area contributed by atoms with E-state index in [0.29, 0.717) is 12.3 Å². The maximum atomic E-state index is 13.5. The van der Waals surface area contributed by atoms with Crippen LogP contribution in [0.3, 0.4) is 0 Å². The number of hydrogen-bond acceptors (Lipinski definition) is 5. The molecular weight excluding hydrogens is 454 g/mol. The van der Waals surface area contributed by atoms with Gasteiger partial charge in [0.1, 0.15) is 18.3 Å². The van der Waals surface area contributed by atoms with Crippen molar-refractivity contribution in [2.75, 3.05) is 30.8 Å². The number of sulfonamides is 1. The molecule has 0 aromatic heterocycles. The maximum absolute atomic E-state index is 13.5. The van der Waals surface area contributed by atoms with Crippen LogP contribution in [-0.2, 0) is 26.2 Å². The first-order valence-electron chi connectivity index (χ1n) is 11.3. The fraction of sp³-hybridized carbons (Fsp3) is 0.440. The second-order valence-electron chi connectivity index (χ2n) is 8.27. The lowest BCUT2D eigenvalue weighted by Crippen LogP contribution is -2.51. The molecule has 0 radical (unpaired) electrons. The van der Waals surface area contributed by atoms with Gasteiger partial charge in [0.15, 0.2) is 0 Å². The van der Waals surface area contributed by atoms with Crippen molar-refractivity contribution in [3.8, 4) is 5.75 Å². The molecule has 9 heteroatoms. The highest BCUT2D eigenvalue weighted by Gasteiger charge is 2.31. The average Bonchev–Trinajstić information content (AvgIpc) is 2.80. The maximum Gasteiger partial charge on any atom is 0.244 e. The van der Waals surface area contributed by atoms with Crippen LogP contribution in [0.1, 0.15) is 37.8 Å². The second kappa shape index (κ2) is 12.4. The van der Waals surface area contributed by atoms with Crippen molar-refractivity contribution in [1.82, 2.24) is 10.2 Å². The van der Waals surface area contributed by atoms with Gasteiger partial charge in [-0.2, -0.15) is 0 Å². The standard InChI is InChI=1S/C25H35N3O5S/c1-6-7-15-26-25(30)20(3)27(17-21-11-9-8-10-12-21)24(29)18-28(34(5,31)32)22-16-19(2)13-14-23(22)33-4/h8-14,16,20H,6-7,15,17-18H2,1-5H3,(H,26,30)/t20-/m0/s1. The molecule has 1 atom stereocenters. The molecule has 0 aliphatic heterocycles. The van der Waals surface area contributed by atoms with Gasteiger partial charge in [0.05, 0.1) is 19.1 Å². The van der Waals surface area contributed by atoms with Gasteiger partial charge in [-0.15, -0.1) is 0 Å². The Morgan fingerprint density at radius 3 is 2.38 bits per heavy atom. The number of ether oxygens (including phenoxy) is 1. The first kappa shape index (κ1) is 27.2. The number of amides is 2. The summed E-state index contributed by atoms with van der Waals surface area (Å²) in [4.78, 5) is 27.7. The lowest BCUT2D eigenvalue weighted by Gasteiger charge is -2.32. The number of methoxy groups -OCH3 is 1. The molecule has 186 valence electrons. The number of carbonyl (C=O) groups excluding carboxylic acids is 2. The molecule has 34 heavy (non-hydrogen) atoms. The third-order valence-corrected chi connectivity index (χ3v) is 6.60. The van der Waals surface area contributed by atoms with Crippen LogP contribution < -0.4 is 14.4 Å². The fourth-order valence-corrected chi connectivity index (χ4v) is 4.33. The van der Waals surface area contributed by atoms with E-state index in [9.17, 15) is 18.0 Å². The Balaban J connectivity index is 2.39. The lowest BCUT2D eigenvalue weighted by molar-refractivity contribution is -0.139. The van der Waals surface area contributed by atoms with Gasteiger partial charge in [-0.05, 0) is 43.5 Å². The minimum absolute atomic E-state index is 0.171. The number of nitrogens with zero attached hydrogens (tertiary/aromatic N) is 2. The molecule has 0 aliphatic carbocycles. The molecule has 8 nitrogen and oxygen atoms in total. The summed E-state index contributed by atoms with van der Waals surface area (Å²) in [6.07, 6.45) is 2.81. The third kappa shape index (κ3) is 7.48. The van der Waals surface area contributed by atoms with Gasteiger partial charge in [0.25, 0.3) is 0 Å². The number of hydrogen-bond donors (Lipinski definition) is 1. The van der Waals surface area contributed by atoms with E-state index in [1.807, 2.05) is 44.2 Å². The molecule has 0 bridgehead atoms.